The molecule has 0 aliphatic heterocycles. The van der Waals surface area contributed by atoms with E-state index in [0.717, 1.165) is 28.3 Å². The fourth-order valence-electron chi connectivity index (χ4n) is 2.09. The minimum Gasteiger partial charge on any atom is -0.494 e. The van der Waals surface area contributed by atoms with E-state index in [1.54, 1.807) is 23.6 Å². The average Bonchev–Trinajstić information content (AvgIpc) is 3.32. The molecule has 3 aromatic rings. The van der Waals surface area contributed by atoms with Crippen molar-refractivity contribution >= 4 is 23.5 Å². The highest BCUT2D eigenvalue weighted by molar-refractivity contribution is 7.13. The van der Waals surface area contributed by atoms with Gasteiger partial charge in [-0.2, -0.15) is 10.2 Å². The van der Waals surface area contributed by atoms with Crippen LogP contribution in [0.5, 0.6) is 5.75 Å². The van der Waals surface area contributed by atoms with Gasteiger partial charge in [-0.25, -0.2) is 5.43 Å². The summed E-state index contributed by atoms with van der Waals surface area (Å²) in [7, 11) is 0. The second kappa shape index (κ2) is 8.25. The van der Waals surface area contributed by atoms with Gasteiger partial charge in [-0.3, -0.25) is 9.89 Å². The van der Waals surface area contributed by atoms with Crippen LogP contribution >= 0.6 is 11.3 Å². The molecule has 3 rings (SSSR count). The van der Waals surface area contributed by atoms with E-state index < -0.39 is 0 Å². The van der Waals surface area contributed by atoms with Crippen LogP contribution in [0.3, 0.4) is 0 Å². The standard InChI is InChI=1S/C18H18N4O2S/c1-2-9-24-14-7-5-13(6-8-14)12-19-22-18(23)16-11-15(20-21-16)17-4-3-10-25-17/h3-8,10-12H,2,9H2,1H3,(H,20,21)(H,22,23)/b19-12+. The summed E-state index contributed by atoms with van der Waals surface area (Å²) in [5, 5.41) is 12.8. The first-order valence-corrected chi connectivity index (χ1v) is 8.80. The monoisotopic (exact) mass is 354 g/mol. The number of H-pyrrole nitrogens is 1. The molecular weight excluding hydrogens is 336 g/mol. The second-order valence-corrected chi connectivity index (χ2v) is 6.21. The summed E-state index contributed by atoms with van der Waals surface area (Å²) in [6, 6.07) is 13.1. The highest BCUT2D eigenvalue weighted by Gasteiger charge is 2.11. The van der Waals surface area contributed by atoms with Crippen LogP contribution in [-0.4, -0.2) is 28.9 Å². The van der Waals surface area contributed by atoms with E-state index in [2.05, 4.69) is 27.6 Å². The summed E-state index contributed by atoms with van der Waals surface area (Å²) in [5.41, 5.74) is 4.45. The summed E-state index contributed by atoms with van der Waals surface area (Å²) in [6.45, 7) is 2.76. The summed E-state index contributed by atoms with van der Waals surface area (Å²) >= 11 is 1.58. The molecule has 0 atom stereocenters. The van der Waals surface area contributed by atoms with Crippen LogP contribution in [0, 0.1) is 0 Å². The van der Waals surface area contributed by atoms with Gasteiger partial charge in [0.2, 0.25) is 0 Å². The predicted molar refractivity (Wildman–Crippen MR) is 99.2 cm³/mol. The molecule has 0 aliphatic carbocycles. The van der Waals surface area contributed by atoms with Crippen LogP contribution in [0.15, 0.2) is 52.9 Å². The summed E-state index contributed by atoms with van der Waals surface area (Å²) in [4.78, 5) is 13.1. The maximum absolute atomic E-state index is 12.1. The fourth-order valence-corrected chi connectivity index (χ4v) is 2.78. The first kappa shape index (κ1) is 16.9. The van der Waals surface area contributed by atoms with Crippen molar-refractivity contribution in [2.75, 3.05) is 6.61 Å². The molecule has 2 heterocycles. The Kier molecular flexibility index (Phi) is 5.58. The summed E-state index contributed by atoms with van der Waals surface area (Å²) in [6.07, 6.45) is 2.55. The molecule has 6 nitrogen and oxygen atoms in total. The van der Waals surface area contributed by atoms with Gasteiger partial charge in [-0.1, -0.05) is 13.0 Å². The molecule has 128 valence electrons. The van der Waals surface area contributed by atoms with Gasteiger partial charge < -0.3 is 4.74 Å². The highest BCUT2D eigenvalue weighted by atomic mass is 32.1. The maximum Gasteiger partial charge on any atom is 0.291 e. The Bertz CT molecular complexity index is 838. The van der Waals surface area contributed by atoms with Gasteiger partial charge in [0.05, 0.1) is 23.4 Å². The zero-order chi connectivity index (χ0) is 17.5. The Balaban J connectivity index is 1.56. The topological polar surface area (TPSA) is 79.4 Å². The van der Waals surface area contributed by atoms with E-state index in [4.69, 9.17) is 4.74 Å². The zero-order valence-corrected chi connectivity index (χ0v) is 14.5. The van der Waals surface area contributed by atoms with Crippen molar-refractivity contribution in [2.24, 2.45) is 5.10 Å². The lowest BCUT2D eigenvalue weighted by Gasteiger charge is -2.03. The normalized spacial score (nSPS) is 10.9. The predicted octanol–water partition coefficient (Wildman–Crippen LogP) is 3.69. The third kappa shape index (κ3) is 4.54. The SMILES string of the molecule is CCCOc1ccc(/C=N/NC(=O)c2cc(-c3cccs3)[nH]n2)cc1. The van der Waals surface area contributed by atoms with Crippen molar-refractivity contribution in [1.82, 2.24) is 15.6 Å². The number of amides is 1. The molecule has 0 spiro atoms. The number of rotatable bonds is 7. The van der Waals surface area contributed by atoms with Crippen LogP contribution in [0.1, 0.15) is 29.4 Å². The molecule has 1 aromatic carbocycles. The molecular formula is C18H18N4O2S. The molecule has 0 unspecified atom stereocenters. The first-order valence-electron chi connectivity index (χ1n) is 7.92. The van der Waals surface area contributed by atoms with E-state index in [1.165, 1.54) is 0 Å². The van der Waals surface area contributed by atoms with E-state index >= 15 is 0 Å². The Morgan fingerprint density at radius 1 is 1.36 bits per heavy atom. The lowest BCUT2D eigenvalue weighted by molar-refractivity contribution is 0.0950. The van der Waals surface area contributed by atoms with Crippen LogP contribution < -0.4 is 10.2 Å². The number of hydrogen-bond acceptors (Lipinski definition) is 5. The summed E-state index contributed by atoms with van der Waals surface area (Å²) in [5.74, 6) is 0.457. The number of nitrogens with zero attached hydrogens (tertiary/aromatic N) is 2. The van der Waals surface area contributed by atoms with Gasteiger partial charge in [0.15, 0.2) is 5.69 Å². The number of ether oxygens (including phenoxy) is 1. The molecule has 2 N–H and O–H groups in total. The van der Waals surface area contributed by atoms with Gasteiger partial charge in [-0.05, 0) is 53.8 Å². The molecule has 0 fully saturated rings. The second-order valence-electron chi connectivity index (χ2n) is 5.26. The van der Waals surface area contributed by atoms with Crippen molar-refractivity contribution in [3.8, 4) is 16.3 Å². The van der Waals surface area contributed by atoms with Crippen LogP contribution in [0.2, 0.25) is 0 Å². The molecule has 0 saturated carbocycles. The van der Waals surface area contributed by atoms with Gasteiger partial charge in [0.25, 0.3) is 5.91 Å². The minimum atomic E-state index is -0.363. The van der Waals surface area contributed by atoms with Gasteiger partial charge >= 0.3 is 0 Å². The number of carbonyl (C=O) groups excluding carboxylic acids is 1. The van der Waals surface area contributed by atoms with Crippen LogP contribution in [0.4, 0.5) is 0 Å². The fraction of sp³-hybridized carbons (Fsp3) is 0.167. The van der Waals surface area contributed by atoms with Gasteiger partial charge in [0.1, 0.15) is 5.75 Å². The molecule has 0 aliphatic rings. The number of hydrazone groups is 1. The number of hydrogen-bond donors (Lipinski definition) is 2. The summed E-state index contributed by atoms with van der Waals surface area (Å²) < 4.78 is 5.52. The third-order valence-corrected chi connectivity index (χ3v) is 4.23. The molecule has 1 amide bonds. The maximum atomic E-state index is 12.1. The third-order valence-electron chi connectivity index (χ3n) is 3.33. The number of thiophene rings is 1. The molecule has 0 radical (unpaired) electrons. The molecule has 25 heavy (non-hydrogen) atoms. The quantitative estimate of drug-likeness (QED) is 0.502. The van der Waals surface area contributed by atoms with E-state index in [1.807, 2.05) is 41.8 Å². The number of aromatic amines is 1. The van der Waals surface area contributed by atoms with E-state index in [-0.39, 0.29) is 5.91 Å². The lowest BCUT2D eigenvalue weighted by Crippen LogP contribution is -2.17. The van der Waals surface area contributed by atoms with Gasteiger partial charge in [-0.15, -0.1) is 11.3 Å². The molecule has 7 heteroatoms. The largest absolute Gasteiger partial charge is 0.494 e. The Morgan fingerprint density at radius 2 is 2.20 bits per heavy atom. The highest BCUT2D eigenvalue weighted by Crippen LogP contribution is 2.22. The molecule has 0 bridgehead atoms. The molecule has 2 aromatic heterocycles. The zero-order valence-electron chi connectivity index (χ0n) is 13.7. The lowest BCUT2D eigenvalue weighted by atomic mass is 10.2. The van der Waals surface area contributed by atoms with Crippen molar-refractivity contribution in [1.29, 1.82) is 0 Å². The van der Waals surface area contributed by atoms with Crippen LogP contribution in [0.25, 0.3) is 10.6 Å². The number of benzene rings is 1. The van der Waals surface area contributed by atoms with Crippen molar-refractivity contribution in [2.45, 2.75) is 13.3 Å². The first-order chi connectivity index (χ1) is 12.3. The van der Waals surface area contributed by atoms with Crippen molar-refractivity contribution in [3.05, 3.63) is 59.1 Å². The van der Waals surface area contributed by atoms with Crippen molar-refractivity contribution < 1.29 is 9.53 Å². The van der Waals surface area contributed by atoms with Crippen LogP contribution in [-0.2, 0) is 0 Å². The average molecular weight is 354 g/mol. The van der Waals surface area contributed by atoms with Crippen molar-refractivity contribution in [3.63, 3.8) is 0 Å². The minimum absolute atomic E-state index is 0.295. The van der Waals surface area contributed by atoms with E-state index in [9.17, 15) is 4.79 Å². The Hall–Kier alpha value is -2.93. The number of carbonyl (C=O) groups is 1. The van der Waals surface area contributed by atoms with E-state index in [0.29, 0.717) is 12.3 Å². The molecule has 0 saturated heterocycles. The number of nitrogens with one attached hydrogen (secondary N) is 2. The Morgan fingerprint density at radius 3 is 2.92 bits per heavy atom. The number of aromatic nitrogens is 2. The van der Waals surface area contributed by atoms with Gasteiger partial charge in [0, 0.05) is 0 Å². The smallest absolute Gasteiger partial charge is 0.291 e. The Labute approximate surface area is 149 Å².